The molecule has 0 atom stereocenters. The molecule has 0 aliphatic carbocycles. The molecule has 0 saturated heterocycles. The third kappa shape index (κ3) is 2.97. The van der Waals surface area contributed by atoms with E-state index in [0.29, 0.717) is 6.92 Å². The molecule has 0 amide bonds. The van der Waals surface area contributed by atoms with Gasteiger partial charge in [-0.1, -0.05) is 6.07 Å². The molecule has 1 N–H and O–H groups in total. The van der Waals surface area contributed by atoms with Crippen LogP contribution in [0, 0.1) is 5.82 Å². The van der Waals surface area contributed by atoms with Crippen molar-refractivity contribution in [1.82, 2.24) is 0 Å². The molecule has 0 aromatic heterocycles. The zero-order chi connectivity index (χ0) is 11.6. The number of hydrogen-bond acceptors (Lipinski definition) is 1. The Morgan fingerprint density at radius 3 is 2.47 bits per heavy atom. The molecule has 5 heteroatoms. The van der Waals surface area contributed by atoms with E-state index >= 15 is 0 Å². The van der Waals surface area contributed by atoms with E-state index in [4.69, 9.17) is 5.11 Å². The second-order valence-corrected chi connectivity index (χ2v) is 3.27. The van der Waals surface area contributed by atoms with Crippen molar-refractivity contribution in [2.24, 2.45) is 0 Å². The molecule has 0 heterocycles. The Kier molecular flexibility index (Phi) is 3.02. The van der Waals surface area contributed by atoms with Crippen LogP contribution in [0.5, 0.6) is 0 Å². The summed E-state index contributed by atoms with van der Waals surface area (Å²) in [5, 5.41) is 8.42. The summed E-state index contributed by atoms with van der Waals surface area (Å²) in [5.74, 6) is -5.47. The number of hydrogen-bond donors (Lipinski definition) is 1. The Labute approximate surface area is 84.3 Å². The molecule has 0 saturated carbocycles. The van der Waals surface area contributed by atoms with Gasteiger partial charge in [0.2, 0.25) is 0 Å². The molecule has 0 unspecified atom stereocenters. The lowest BCUT2D eigenvalue weighted by molar-refractivity contribution is -0.136. The lowest BCUT2D eigenvalue weighted by Crippen LogP contribution is -2.10. The van der Waals surface area contributed by atoms with E-state index in [1.807, 2.05) is 0 Å². The van der Waals surface area contributed by atoms with Crippen molar-refractivity contribution in [1.29, 1.82) is 0 Å². The highest BCUT2D eigenvalue weighted by atomic mass is 19.3. The average Bonchev–Trinajstić information content (AvgIpc) is 1.99. The summed E-state index contributed by atoms with van der Waals surface area (Å²) in [5.41, 5.74) is -0.565. The standard InChI is InChI=1S/C10H9F3O2/c1-10(12,13)7-3-2-6(4-8(7)11)5-9(14)15/h2-4H,5H2,1H3,(H,14,15). The first-order chi connectivity index (χ1) is 6.80. The molecule has 0 aliphatic rings. The smallest absolute Gasteiger partial charge is 0.307 e. The molecule has 0 bridgehead atoms. The first-order valence-corrected chi connectivity index (χ1v) is 4.19. The van der Waals surface area contributed by atoms with Gasteiger partial charge in [-0.2, -0.15) is 0 Å². The summed E-state index contributed by atoms with van der Waals surface area (Å²) in [4.78, 5) is 10.3. The second-order valence-electron chi connectivity index (χ2n) is 3.27. The van der Waals surface area contributed by atoms with Crippen LogP contribution in [-0.4, -0.2) is 11.1 Å². The van der Waals surface area contributed by atoms with Crippen molar-refractivity contribution in [3.05, 3.63) is 35.1 Å². The Morgan fingerprint density at radius 2 is 2.07 bits per heavy atom. The Balaban J connectivity index is 3.04. The fraction of sp³-hybridized carbons (Fsp3) is 0.300. The van der Waals surface area contributed by atoms with Crippen LogP contribution >= 0.6 is 0 Å². The van der Waals surface area contributed by atoms with Gasteiger partial charge in [0.1, 0.15) is 5.82 Å². The third-order valence-corrected chi connectivity index (χ3v) is 1.86. The predicted octanol–water partition coefficient (Wildman–Crippen LogP) is 2.56. The second kappa shape index (κ2) is 3.92. The molecule has 2 nitrogen and oxygen atoms in total. The van der Waals surface area contributed by atoms with E-state index < -0.39 is 23.3 Å². The number of alkyl halides is 2. The van der Waals surface area contributed by atoms with Crippen LogP contribution in [0.4, 0.5) is 13.2 Å². The number of rotatable bonds is 3. The first-order valence-electron chi connectivity index (χ1n) is 4.19. The highest BCUT2D eigenvalue weighted by molar-refractivity contribution is 5.70. The van der Waals surface area contributed by atoms with Crippen molar-refractivity contribution in [2.45, 2.75) is 19.3 Å². The lowest BCUT2D eigenvalue weighted by Gasteiger charge is -2.11. The normalized spacial score (nSPS) is 11.5. The van der Waals surface area contributed by atoms with Crippen LogP contribution in [0.2, 0.25) is 0 Å². The fourth-order valence-corrected chi connectivity index (χ4v) is 1.20. The maximum absolute atomic E-state index is 13.1. The SMILES string of the molecule is CC(F)(F)c1ccc(CC(=O)O)cc1F. The maximum Gasteiger partial charge on any atom is 0.307 e. The minimum Gasteiger partial charge on any atom is -0.481 e. The van der Waals surface area contributed by atoms with Crippen molar-refractivity contribution >= 4 is 5.97 Å². The monoisotopic (exact) mass is 218 g/mol. The van der Waals surface area contributed by atoms with Crippen LogP contribution < -0.4 is 0 Å². The van der Waals surface area contributed by atoms with Gasteiger partial charge >= 0.3 is 5.97 Å². The van der Waals surface area contributed by atoms with E-state index in [2.05, 4.69) is 0 Å². The molecule has 0 fully saturated rings. The summed E-state index contributed by atoms with van der Waals surface area (Å²) >= 11 is 0. The van der Waals surface area contributed by atoms with Gasteiger partial charge in [0.25, 0.3) is 5.92 Å². The molecule has 0 radical (unpaired) electrons. The van der Waals surface area contributed by atoms with Crippen LogP contribution in [0.1, 0.15) is 18.1 Å². The van der Waals surface area contributed by atoms with Crippen molar-refractivity contribution < 1.29 is 23.1 Å². The topological polar surface area (TPSA) is 37.3 Å². The number of aliphatic carboxylic acids is 1. The van der Waals surface area contributed by atoms with E-state index in [0.717, 1.165) is 12.1 Å². The van der Waals surface area contributed by atoms with Crippen LogP contribution in [0.3, 0.4) is 0 Å². The van der Waals surface area contributed by atoms with Crippen LogP contribution in [-0.2, 0) is 17.1 Å². The minimum absolute atomic E-state index is 0.160. The number of halogens is 3. The maximum atomic E-state index is 13.1. The van der Waals surface area contributed by atoms with E-state index in [1.165, 1.54) is 6.07 Å². The summed E-state index contributed by atoms with van der Waals surface area (Å²) in [7, 11) is 0. The number of carboxylic acid groups (broad SMARTS) is 1. The Hall–Kier alpha value is -1.52. The van der Waals surface area contributed by atoms with Gasteiger partial charge in [-0.15, -0.1) is 0 Å². The Bertz CT molecular complexity index is 383. The average molecular weight is 218 g/mol. The molecule has 1 aromatic carbocycles. The summed E-state index contributed by atoms with van der Waals surface area (Å²) in [6, 6.07) is 2.92. The number of carboxylic acids is 1. The summed E-state index contributed by atoms with van der Waals surface area (Å²) < 4.78 is 38.6. The minimum atomic E-state index is -3.26. The van der Waals surface area contributed by atoms with Gasteiger partial charge in [0.15, 0.2) is 0 Å². The van der Waals surface area contributed by atoms with Crippen LogP contribution in [0.15, 0.2) is 18.2 Å². The zero-order valence-electron chi connectivity index (χ0n) is 7.93. The highest BCUT2D eigenvalue weighted by Crippen LogP contribution is 2.29. The van der Waals surface area contributed by atoms with Crippen molar-refractivity contribution in [2.75, 3.05) is 0 Å². The van der Waals surface area contributed by atoms with E-state index in [9.17, 15) is 18.0 Å². The lowest BCUT2D eigenvalue weighted by atomic mass is 10.0. The van der Waals surface area contributed by atoms with Gasteiger partial charge in [-0.3, -0.25) is 4.79 Å². The quantitative estimate of drug-likeness (QED) is 0.846. The molecular weight excluding hydrogens is 209 g/mol. The Morgan fingerprint density at radius 1 is 1.47 bits per heavy atom. The fourth-order valence-electron chi connectivity index (χ4n) is 1.20. The van der Waals surface area contributed by atoms with E-state index in [1.54, 1.807) is 0 Å². The predicted molar refractivity (Wildman–Crippen MR) is 47.3 cm³/mol. The molecule has 0 aliphatic heterocycles. The summed E-state index contributed by atoms with van der Waals surface area (Å²) in [6.07, 6.45) is -0.382. The van der Waals surface area contributed by atoms with Crippen molar-refractivity contribution in [3.63, 3.8) is 0 Å². The largest absolute Gasteiger partial charge is 0.481 e. The zero-order valence-corrected chi connectivity index (χ0v) is 7.93. The van der Waals surface area contributed by atoms with Gasteiger partial charge in [0, 0.05) is 6.92 Å². The van der Waals surface area contributed by atoms with Crippen molar-refractivity contribution in [3.8, 4) is 0 Å². The molecule has 1 rings (SSSR count). The molecule has 82 valence electrons. The molecule has 1 aromatic rings. The summed E-state index contributed by atoms with van der Waals surface area (Å²) in [6.45, 7) is 0.586. The van der Waals surface area contributed by atoms with Gasteiger partial charge in [-0.25, -0.2) is 13.2 Å². The van der Waals surface area contributed by atoms with Gasteiger partial charge in [0.05, 0.1) is 12.0 Å². The van der Waals surface area contributed by atoms with Crippen LogP contribution in [0.25, 0.3) is 0 Å². The highest BCUT2D eigenvalue weighted by Gasteiger charge is 2.28. The number of carbonyl (C=O) groups is 1. The van der Waals surface area contributed by atoms with Gasteiger partial charge in [-0.05, 0) is 17.7 Å². The first kappa shape index (κ1) is 11.6. The van der Waals surface area contributed by atoms with E-state index in [-0.39, 0.29) is 12.0 Å². The number of benzene rings is 1. The molecule has 15 heavy (non-hydrogen) atoms. The molecule has 0 spiro atoms. The van der Waals surface area contributed by atoms with Gasteiger partial charge < -0.3 is 5.11 Å². The molecular formula is C10H9F3O2. The third-order valence-electron chi connectivity index (χ3n) is 1.86.